The molecule has 2 amide bonds. The first-order valence-corrected chi connectivity index (χ1v) is 15.3. The number of nitrogens with one attached hydrogen (secondary N) is 1. The largest absolute Gasteiger partial charge is 0.448 e. The van der Waals surface area contributed by atoms with E-state index in [-0.39, 0.29) is 29.3 Å². The predicted molar refractivity (Wildman–Crippen MR) is 161 cm³/mol. The summed E-state index contributed by atoms with van der Waals surface area (Å²) in [5.41, 5.74) is 3.70. The van der Waals surface area contributed by atoms with Gasteiger partial charge in [0.1, 0.15) is 17.1 Å². The van der Waals surface area contributed by atoms with E-state index in [0.29, 0.717) is 12.2 Å². The zero-order valence-electron chi connectivity index (χ0n) is 22.1. The number of carbonyl (C=O) groups is 3. The van der Waals surface area contributed by atoms with Gasteiger partial charge in [-0.05, 0) is 33.7 Å². The van der Waals surface area contributed by atoms with Crippen LogP contribution in [0.15, 0.2) is 120 Å². The van der Waals surface area contributed by atoms with Crippen molar-refractivity contribution in [1.82, 2.24) is 10.2 Å². The SMILES string of the molecule is O=C(Cc1ccccc1)N[C@@H]1C(=O)N2C(C(=O)OC(c3ccccc3)c3ccccc3)=C(Cc3cccs3)CS[C@H]12. The van der Waals surface area contributed by atoms with E-state index in [1.807, 2.05) is 109 Å². The van der Waals surface area contributed by atoms with Gasteiger partial charge in [0, 0.05) is 17.1 Å². The topological polar surface area (TPSA) is 75.7 Å². The van der Waals surface area contributed by atoms with Gasteiger partial charge in [0.05, 0.1) is 6.42 Å². The molecule has 1 N–H and O–H groups in total. The van der Waals surface area contributed by atoms with Crippen molar-refractivity contribution in [2.75, 3.05) is 5.75 Å². The number of amides is 2. The van der Waals surface area contributed by atoms with Crippen LogP contribution in [0, 0.1) is 0 Å². The Labute approximate surface area is 247 Å². The van der Waals surface area contributed by atoms with Crippen LogP contribution in [-0.2, 0) is 32.0 Å². The summed E-state index contributed by atoms with van der Waals surface area (Å²) in [6.45, 7) is 0. The van der Waals surface area contributed by atoms with Gasteiger partial charge in [-0.25, -0.2) is 4.79 Å². The molecule has 0 aliphatic carbocycles. The molecule has 0 unspecified atom stereocenters. The lowest BCUT2D eigenvalue weighted by Gasteiger charge is -2.50. The Morgan fingerprint density at radius 3 is 2.12 bits per heavy atom. The van der Waals surface area contributed by atoms with E-state index >= 15 is 0 Å². The number of carbonyl (C=O) groups excluding carboxylic acids is 3. The Morgan fingerprint density at radius 2 is 1.51 bits per heavy atom. The van der Waals surface area contributed by atoms with Gasteiger partial charge < -0.3 is 10.1 Å². The third kappa shape index (κ3) is 5.85. The number of thiophene rings is 1. The van der Waals surface area contributed by atoms with Crippen molar-refractivity contribution in [3.63, 3.8) is 0 Å². The summed E-state index contributed by atoms with van der Waals surface area (Å²) in [6.07, 6.45) is 0.107. The van der Waals surface area contributed by atoms with Crippen LogP contribution in [-0.4, -0.2) is 39.9 Å². The maximum Gasteiger partial charge on any atom is 0.356 e. The van der Waals surface area contributed by atoms with Crippen molar-refractivity contribution in [3.05, 3.63) is 141 Å². The second kappa shape index (κ2) is 12.2. The molecule has 4 aromatic rings. The van der Waals surface area contributed by atoms with Gasteiger partial charge in [0.25, 0.3) is 5.91 Å². The smallest absolute Gasteiger partial charge is 0.356 e. The summed E-state index contributed by atoms with van der Waals surface area (Å²) in [7, 11) is 0. The average Bonchev–Trinajstić information content (AvgIpc) is 3.53. The Balaban J connectivity index is 1.27. The minimum absolute atomic E-state index is 0.187. The maximum atomic E-state index is 14.0. The zero-order valence-corrected chi connectivity index (χ0v) is 23.8. The van der Waals surface area contributed by atoms with Gasteiger partial charge in [0.15, 0.2) is 6.10 Å². The van der Waals surface area contributed by atoms with Crippen molar-refractivity contribution in [2.45, 2.75) is 30.4 Å². The third-order valence-electron chi connectivity index (χ3n) is 7.16. The lowest BCUT2D eigenvalue weighted by atomic mass is 9.99. The van der Waals surface area contributed by atoms with Crippen molar-refractivity contribution in [1.29, 1.82) is 0 Å². The molecule has 0 bridgehead atoms. The maximum absolute atomic E-state index is 14.0. The molecule has 3 heterocycles. The summed E-state index contributed by atoms with van der Waals surface area (Å²) in [5, 5.41) is 4.53. The number of thioether (sulfide) groups is 1. The van der Waals surface area contributed by atoms with Crippen LogP contribution in [0.5, 0.6) is 0 Å². The van der Waals surface area contributed by atoms with Crippen LogP contribution in [0.2, 0.25) is 0 Å². The molecule has 0 saturated carbocycles. The van der Waals surface area contributed by atoms with Crippen LogP contribution in [0.3, 0.4) is 0 Å². The lowest BCUT2D eigenvalue weighted by Crippen LogP contribution is -2.70. The summed E-state index contributed by atoms with van der Waals surface area (Å²) >= 11 is 3.18. The van der Waals surface area contributed by atoms with Crippen LogP contribution in [0.25, 0.3) is 0 Å². The van der Waals surface area contributed by atoms with E-state index in [2.05, 4.69) is 5.32 Å². The number of benzene rings is 3. The first-order chi connectivity index (χ1) is 20.1. The number of fused-ring (bicyclic) bond motifs is 1. The lowest BCUT2D eigenvalue weighted by molar-refractivity contribution is -0.154. The van der Waals surface area contributed by atoms with Gasteiger partial charge >= 0.3 is 5.97 Å². The van der Waals surface area contributed by atoms with Crippen molar-refractivity contribution in [2.24, 2.45) is 0 Å². The molecule has 1 fully saturated rings. The van der Waals surface area contributed by atoms with Gasteiger partial charge in [-0.15, -0.1) is 23.1 Å². The molecular formula is C33H28N2O4S2. The van der Waals surface area contributed by atoms with Gasteiger partial charge in [0.2, 0.25) is 5.91 Å². The highest BCUT2D eigenvalue weighted by Crippen LogP contribution is 2.42. The van der Waals surface area contributed by atoms with E-state index in [9.17, 15) is 14.4 Å². The Kier molecular flexibility index (Phi) is 8.02. The quantitative estimate of drug-likeness (QED) is 0.209. The third-order valence-corrected chi connectivity index (χ3v) is 9.38. The van der Waals surface area contributed by atoms with E-state index in [4.69, 9.17) is 4.74 Å². The normalized spacial score (nSPS) is 18.1. The fourth-order valence-corrected chi connectivity index (χ4v) is 7.28. The van der Waals surface area contributed by atoms with E-state index < -0.39 is 18.1 Å². The van der Waals surface area contributed by atoms with Crippen LogP contribution in [0.4, 0.5) is 0 Å². The number of ether oxygens (including phenoxy) is 1. The molecule has 2 atom stereocenters. The summed E-state index contributed by atoms with van der Waals surface area (Å²) in [5.74, 6) is -0.499. The Bertz CT molecular complexity index is 1520. The second-order valence-corrected chi connectivity index (χ2v) is 12.1. The highest BCUT2D eigenvalue weighted by Gasteiger charge is 2.54. The number of β-lactam (4-membered cyclic amide) rings is 1. The summed E-state index contributed by atoms with van der Waals surface area (Å²) < 4.78 is 6.22. The number of nitrogens with zero attached hydrogens (tertiary/aromatic N) is 1. The molecule has 6 rings (SSSR count). The number of rotatable bonds is 9. The molecular weight excluding hydrogens is 553 g/mol. The summed E-state index contributed by atoms with van der Waals surface area (Å²) in [6, 6.07) is 31.9. The van der Waals surface area contributed by atoms with Gasteiger partial charge in [-0.3, -0.25) is 14.5 Å². The van der Waals surface area contributed by atoms with Crippen LogP contribution in [0.1, 0.15) is 27.7 Å². The van der Waals surface area contributed by atoms with Gasteiger partial charge in [-0.2, -0.15) is 0 Å². The average molecular weight is 581 g/mol. The standard InChI is InChI=1S/C33H28N2O4S2/c36-27(19-22-11-4-1-5-12-22)34-28-31(37)35-29(25(21-41-32(28)35)20-26-17-10-18-40-26)33(38)39-30(23-13-6-2-7-14-23)24-15-8-3-9-16-24/h1-18,28,30,32H,19-21H2,(H,34,36)/t28-,32-/m1/s1. The first-order valence-electron chi connectivity index (χ1n) is 13.4. The van der Waals surface area contributed by atoms with E-state index in [1.54, 1.807) is 23.1 Å². The Morgan fingerprint density at radius 1 is 0.878 bits per heavy atom. The fraction of sp³-hybridized carbons (Fsp3) is 0.182. The molecule has 0 spiro atoms. The van der Waals surface area contributed by atoms with E-state index in [1.165, 1.54) is 4.90 Å². The first kappa shape index (κ1) is 27.1. The number of hydrogen-bond acceptors (Lipinski definition) is 6. The minimum atomic E-state index is -0.693. The van der Waals surface area contributed by atoms with Gasteiger partial charge in [-0.1, -0.05) is 97.1 Å². The molecule has 2 aliphatic heterocycles. The monoisotopic (exact) mass is 580 g/mol. The number of esters is 1. The Hall–Kier alpha value is -4.14. The molecule has 3 aromatic carbocycles. The van der Waals surface area contributed by atoms with E-state index in [0.717, 1.165) is 27.1 Å². The second-order valence-electron chi connectivity index (χ2n) is 9.93. The molecule has 206 valence electrons. The molecule has 6 nitrogen and oxygen atoms in total. The summed E-state index contributed by atoms with van der Waals surface area (Å²) in [4.78, 5) is 43.0. The number of hydrogen-bond donors (Lipinski definition) is 1. The zero-order chi connectivity index (χ0) is 28.2. The fourth-order valence-electron chi connectivity index (χ4n) is 5.18. The highest BCUT2D eigenvalue weighted by atomic mass is 32.2. The molecule has 1 aromatic heterocycles. The van der Waals surface area contributed by atoms with Crippen molar-refractivity contribution in [3.8, 4) is 0 Å². The van der Waals surface area contributed by atoms with Crippen LogP contribution >= 0.6 is 23.1 Å². The van der Waals surface area contributed by atoms with Crippen molar-refractivity contribution >= 4 is 40.9 Å². The molecule has 1 saturated heterocycles. The minimum Gasteiger partial charge on any atom is -0.448 e. The highest BCUT2D eigenvalue weighted by molar-refractivity contribution is 8.00. The molecule has 2 aliphatic rings. The molecule has 41 heavy (non-hydrogen) atoms. The van der Waals surface area contributed by atoms with Crippen molar-refractivity contribution < 1.29 is 19.1 Å². The van der Waals surface area contributed by atoms with Crippen LogP contribution < -0.4 is 5.32 Å². The molecule has 8 heteroatoms. The predicted octanol–water partition coefficient (Wildman–Crippen LogP) is 5.52. The molecule has 0 radical (unpaired) electrons.